The lowest BCUT2D eigenvalue weighted by atomic mass is 9.95. The smallest absolute Gasteiger partial charge is 0.324 e. The third-order valence-electron chi connectivity index (χ3n) is 3.40. The van der Waals surface area contributed by atoms with Crippen molar-refractivity contribution < 1.29 is 14.6 Å². The third-order valence-corrected chi connectivity index (χ3v) is 3.40. The van der Waals surface area contributed by atoms with Crippen LogP contribution < -0.4 is 0 Å². The molecule has 1 N–H and O–H groups in total. The first-order valence-electron chi connectivity index (χ1n) is 5.57. The molecule has 0 bridgehead atoms. The molecule has 0 aromatic rings. The predicted octanol–water partition coefficient (Wildman–Crippen LogP) is 1.35. The minimum absolute atomic E-state index is 0.603. The van der Waals surface area contributed by atoms with Crippen LogP contribution in [0.1, 0.15) is 32.1 Å². The molecular weight excluding hydrogens is 194 g/mol. The minimum atomic E-state index is -0.667. The van der Waals surface area contributed by atoms with E-state index < -0.39 is 11.5 Å². The van der Waals surface area contributed by atoms with Gasteiger partial charge in [-0.25, -0.2) is 0 Å². The van der Waals surface area contributed by atoms with E-state index in [1.165, 1.54) is 0 Å². The van der Waals surface area contributed by atoms with Gasteiger partial charge in [-0.1, -0.05) is 12.8 Å². The summed E-state index contributed by atoms with van der Waals surface area (Å²) in [7, 11) is 3.58. The SMILES string of the molecule is COCCCN(C)C1(C(=O)O)CCCC1. The zero-order valence-electron chi connectivity index (χ0n) is 9.66. The number of hydrogen-bond donors (Lipinski definition) is 1. The number of likely N-dealkylation sites (N-methyl/N-ethyl adjacent to an activating group) is 1. The Hall–Kier alpha value is -0.610. The molecule has 0 unspecified atom stereocenters. The number of methoxy groups -OCH3 is 1. The second-order valence-electron chi connectivity index (χ2n) is 4.31. The number of aliphatic carboxylic acids is 1. The molecule has 0 atom stereocenters. The van der Waals surface area contributed by atoms with Crippen LogP contribution in [0.25, 0.3) is 0 Å². The molecule has 0 aromatic carbocycles. The summed E-state index contributed by atoms with van der Waals surface area (Å²) in [5, 5.41) is 9.32. The van der Waals surface area contributed by atoms with E-state index in [0.29, 0.717) is 6.61 Å². The molecule has 0 heterocycles. The fourth-order valence-corrected chi connectivity index (χ4v) is 2.38. The number of carbonyl (C=O) groups is 1. The average Bonchev–Trinajstić information content (AvgIpc) is 2.67. The molecule has 88 valence electrons. The molecule has 0 saturated heterocycles. The van der Waals surface area contributed by atoms with Gasteiger partial charge in [0.05, 0.1) is 0 Å². The largest absolute Gasteiger partial charge is 0.480 e. The van der Waals surface area contributed by atoms with Crippen LogP contribution in [0, 0.1) is 0 Å². The highest BCUT2D eigenvalue weighted by Gasteiger charge is 2.44. The van der Waals surface area contributed by atoms with Crippen LogP contribution in [0.15, 0.2) is 0 Å². The molecule has 1 saturated carbocycles. The molecule has 4 nitrogen and oxygen atoms in total. The van der Waals surface area contributed by atoms with Crippen LogP contribution in [0.4, 0.5) is 0 Å². The van der Waals surface area contributed by atoms with Crippen LogP contribution in [0.5, 0.6) is 0 Å². The summed E-state index contributed by atoms with van der Waals surface area (Å²) in [5.74, 6) is -0.667. The highest BCUT2D eigenvalue weighted by molar-refractivity contribution is 5.79. The number of rotatable bonds is 6. The number of ether oxygens (including phenoxy) is 1. The van der Waals surface area contributed by atoms with Crippen molar-refractivity contribution in [3.63, 3.8) is 0 Å². The van der Waals surface area contributed by atoms with E-state index in [1.807, 2.05) is 11.9 Å². The van der Waals surface area contributed by atoms with Crippen molar-refractivity contribution in [2.45, 2.75) is 37.6 Å². The highest BCUT2D eigenvalue weighted by atomic mass is 16.5. The van der Waals surface area contributed by atoms with Crippen LogP contribution in [-0.4, -0.2) is 48.8 Å². The molecule has 0 amide bonds. The standard InChI is InChI=1S/C11H21NO3/c1-12(8-5-9-15-2)11(10(13)14)6-3-4-7-11/h3-9H2,1-2H3,(H,13,14). The van der Waals surface area contributed by atoms with Gasteiger partial charge in [-0.05, 0) is 26.3 Å². The summed E-state index contributed by atoms with van der Waals surface area (Å²) >= 11 is 0. The molecule has 1 aliphatic carbocycles. The molecule has 1 fully saturated rings. The van der Waals surface area contributed by atoms with Gasteiger partial charge < -0.3 is 9.84 Å². The fourth-order valence-electron chi connectivity index (χ4n) is 2.38. The van der Waals surface area contributed by atoms with E-state index in [1.54, 1.807) is 7.11 Å². The Bertz CT molecular complexity index is 212. The van der Waals surface area contributed by atoms with Gasteiger partial charge in [0.15, 0.2) is 0 Å². The normalized spacial score (nSPS) is 19.7. The zero-order chi connectivity index (χ0) is 11.3. The number of carboxylic acids is 1. The summed E-state index contributed by atoms with van der Waals surface area (Å²) < 4.78 is 4.97. The maximum absolute atomic E-state index is 11.3. The molecule has 0 aromatic heterocycles. The van der Waals surface area contributed by atoms with Gasteiger partial charge in [-0.15, -0.1) is 0 Å². The Balaban J connectivity index is 2.52. The van der Waals surface area contributed by atoms with Crippen molar-refractivity contribution in [3.05, 3.63) is 0 Å². The molecule has 0 aliphatic heterocycles. The van der Waals surface area contributed by atoms with Crippen LogP contribution in [0.3, 0.4) is 0 Å². The van der Waals surface area contributed by atoms with Crippen LogP contribution in [0.2, 0.25) is 0 Å². The lowest BCUT2D eigenvalue weighted by Crippen LogP contribution is -2.51. The highest BCUT2D eigenvalue weighted by Crippen LogP contribution is 2.34. The Kier molecular flexibility index (Phi) is 4.54. The third kappa shape index (κ3) is 2.69. The van der Waals surface area contributed by atoms with Gasteiger partial charge in [0, 0.05) is 20.3 Å². The van der Waals surface area contributed by atoms with E-state index in [9.17, 15) is 9.90 Å². The van der Waals surface area contributed by atoms with Crippen molar-refractivity contribution in [1.82, 2.24) is 4.90 Å². The van der Waals surface area contributed by atoms with Gasteiger partial charge in [-0.2, -0.15) is 0 Å². The van der Waals surface area contributed by atoms with Crippen molar-refractivity contribution >= 4 is 5.97 Å². The average molecular weight is 215 g/mol. The number of nitrogens with zero attached hydrogens (tertiary/aromatic N) is 1. The molecule has 4 heteroatoms. The van der Waals surface area contributed by atoms with E-state index in [-0.39, 0.29) is 0 Å². The summed E-state index contributed by atoms with van der Waals surface area (Å²) in [6, 6.07) is 0. The summed E-state index contributed by atoms with van der Waals surface area (Å²) in [5.41, 5.74) is -0.603. The first kappa shape index (κ1) is 12.5. The second-order valence-corrected chi connectivity index (χ2v) is 4.31. The summed E-state index contributed by atoms with van der Waals surface area (Å²) in [6.45, 7) is 1.49. The minimum Gasteiger partial charge on any atom is -0.480 e. The molecule has 0 radical (unpaired) electrons. The van der Waals surface area contributed by atoms with Crippen molar-refractivity contribution in [3.8, 4) is 0 Å². The summed E-state index contributed by atoms with van der Waals surface area (Å²) in [4.78, 5) is 13.3. The zero-order valence-corrected chi connectivity index (χ0v) is 9.66. The molecule has 0 spiro atoms. The number of carboxylic acid groups (broad SMARTS) is 1. The van der Waals surface area contributed by atoms with Gasteiger partial charge in [-0.3, -0.25) is 9.69 Å². The van der Waals surface area contributed by atoms with Gasteiger partial charge in [0.25, 0.3) is 0 Å². The first-order chi connectivity index (χ1) is 7.13. The van der Waals surface area contributed by atoms with E-state index in [4.69, 9.17) is 4.74 Å². The Morgan fingerprint density at radius 2 is 2.07 bits per heavy atom. The lowest BCUT2D eigenvalue weighted by Gasteiger charge is -2.34. The lowest BCUT2D eigenvalue weighted by molar-refractivity contribution is -0.150. The van der Waals surface area contributed by atoms with Crippen molar-refractivity contribution in [2.24, 2.45) is 0 Å². The Morgan fingerprint density at radius 3 is 2.53 bits per heavy atom. The fraction of sp³-hybridized carbons (Fsp3) is 0.909. The number of hydrogen-bond acceptors (Lipinski definition) is 3. The Morgan fingerprint density at radius 1 is 1.47 bits per heavy atom. The molecular formula is C11H21NO3. The maximum Gasteiger partial charge on any atom is 0.324 e. The van der Waals surface area contributed by atoms with Crippen molar-refractivity contribution in [2.75, 3.05) is 27.3 Å². The van der Waals surface area contributed by atoms with Gasteiger partial charge in [0.1, 0.15) is 5.54 Å². The maximum atomic E-state index is 11.3. The predicted molar refractivity (Wildman–Crippen MR) is 58.0 cm³/mol. The van der Waals surface area contributed by atoms with E-state index in [2.05, 4.69) is 0 Å². The second kappa shape index (κ2) is 5.47. The summed E-state index contributed by atoms with van der Waals surface area (Å²) in [6.07, 6.45) is 4.52. The molecule has 15 heavy (non-hydrogen) atoms. The Labute approximate surface area is 91.2 Å². The van der Waals surface area contributed by atoms with Crippen LogP contribution in [-0.2, 0) is 9.53 Å². The van der Waals surface area contributed by atoms with Gasteiger partial charge in [0.2, 0.25) is 0 Å². The molecule has 1 rings (SSSR count). The first-order valence-corrected chi connectivity index (χ1v) is 5.57. The van der Waals surface area contributed by atoms with E-state index >= 15 is 0 Å². The molecule has 1 aliphatic rings. The van der Waals surface area contributed by atoms with Gasteiger partial charge >= 0.3 is 5.97 Å². The monoisotopic (exact) mass is 215 g/mol. The van der Waals surface area contributed by atoms with E-state index in [0.717, 1.165) is 38.6 Å². The van der Waals surface area contributed by atoms with Crippen molar-refractivity contribution in [1.29, 1.82) is 0 Å². The topological polar surface area (TPSA) is 49.8 Å². The van der Waals surface area contributed by atoms with Crippen LogP contribution >= 0.6 is 0 Å². The quantitative estimate of drug-likeness (QED) is 0.679.